The third kappa shape index (κ3) is 3.45. The second-order valence-electron chi connectivity index (χ2n) is 4.67. The van der Waals surface area contributed by atoms with Gasteiger partial charge in [-0.1, -0.05) is 0 Å². The number of nitrogens with zero attached hydrogens (tertiary/aromatic N) is 3. The van der Waals surface area contributed by atoms with Gasteiger partial charge in [-0.2, -0.15) is 9.97 Å². The Morgan fingerprint density at radius 3 is 2.39 bits per heavy atom. The second kappa shape index (κ2) is 5.84. The molecule has 1 N–H and O–H groups in total. The largest absolute Gasteiger partial charge is 0.461 e. The normalized spacial score (nSPS) is 16.0. The molecule has 18 heavy (non-hydrogen) atoms. The van der Waals surface area contributed by atoms with Gasteiger partial charge in [0.05, 0.1) is 6.10 Å². The highest BCUT2D eigenvalue weighted by Crippen LogP contribution is 2.23. The number of nitrogens with one attached hydrogen (secondary N) is 1. The molecule has 1 aliphatic rings. The molecule has 0 radical (unpaired) electrons. The van der Waals surface area contributed by atoms with E-state index < -0.39 is 0 Å². The molecule has 100 valence electrons. The van der Waals surface area contributed by atoms with Crippen molar-refractivity contribution in [2.24, 2.45) is 0 Å². The predicted molar refractivity (Wildman–Crippen MR) is 68.0 cm³/mol. The van der Waals surface area contributed by atoms with Crippen LogP contribution in [0.1, 0.15) is 39.5 Å². The Labute approximate surface area is 107 Å². The first-order valence-corrected chi connectivity index (χ1v) is 6.44. The number of hydrogen-bond acceptors (Lipinski definition) is 6. The van der Waals surface area contributed by atoms with Crippen LogP contribution in [0.2, 0.25) is 0 Å². The van der Waals surface area contributed by atoms with Gasteiger partial charge in [-0.3, -0.25) is 0 Å². The van der Waals surface area contributed by atoms with E-state index in [9.17, 15) is 0 Å². The molecule has 0 aromatic carbocycles. The average Bonchev–Trinajstić information content (AvgIpc) is 2.80. The summed E-state index contributed by atoms with van der Waals surface area (Å²) in [6.45, 7) is 3.86. The minimum atomic E-state index is 0.0245. The smallest absolute Gasteiger partial charge is 0.324 e. The highest BCUT2D eigenvalue weighted by molar-refractivity contribution is 5.26. The lowest BCUT2D eigenvalue weighted by Crippen LogP contribution is -2.16. The first kappa shape index (κ1) is 12.9. The zero-order chi connectivity index (χ0) is 13.0. The molecule has 6 nitrogen and oxygen atoms in total. The number of hydrogen-bond donors (Lipinski definition) is 1. The zero-order valence-electron chi connectivity index (χ0n) is 11.1. The zero-order valence-corrected chi connectivity index (χ0v) is 11.1. The van der Waals surface area contributed by atoms with Gasteiger partial charge in [0.2, 0.25) is 5.95 Å². The molecule has 1 saturated carbocycles. The van der Waals surface area contributed by atoms with Crippen molar-refractivity contribution < 1.29 is 9.47 Å². The van der Waals surface area contributed by atoms with E-state index in [2.05, 4.69) is 20.3 Å². The van der Waals surface area contributed by atoms with E-state index in [1.807, 2.05) is 13.8 Å². The summed E-state index contributed by atoms with van der Waals surface area (Å²) in [7, 11) is 1.76. The lowest BCUT2D eigenvalue weighted by Gasteiger charge is -2.13. The molecule has 6 heteroatoms. The summed E-state index contributed by atoms with van der Waals surface area (Å²) in [4.78, 5) is 12.5. The van der Waals surface area contributed by atoms with Crippen molar-refractivity contribution in [3.63, 3.8) is 0 Å². The van der Waals surface area contributed by atoms with E-state index >= 15 is 0 Å². The Kier molecular flexibility index (Phi) is 4.17. The fourth-order valence-corrected chi connectivity index (χ4v) is 1.92. The van der Waals surface area contributed by atoms with Gasteiger partial charge in [0.25, 0.3) is 0 Å². The molecule has 0 unspecified atom stereocenters. The summed E-state index contributed by atoms with van der Waals surface area (Å²) in [5, 5.41) is 2.88. The van der Waals surface area contributed by atoms with E-state index in [0.717, 1.165) is 12.8 Å². The summed E-state index contributed by atoms with van der Waals surface area (Å²) < 4.78 is 11.2. The van der Waals surface area contributed by atoms with Gasteiger partial charge in [-0.05, 0) is 39.5 Å². The van der Waals surface area contributed by atoms with Crippen LogP contribution in [0.15, 0.2) is 0 Å². The molecule has 0 saturated heterocycles. The van der Waals surface area contributed by atoms with E-state index in [1.54, 1.807) is 7.05 Å². The quantitative estimate of drug-likeness (QED) is 0.864. The van der Waals surface area contributed by atoms with Crippen LogP contribution in [0, 0.1) is 0 Å². The lowest BCUT2D eigenvalue weighted by atomic mass is 10.3. The molecule has 1 aliphatic carbocycles. The van der Waals surface area contributed by atoms with Crippen molar-refractivity contribution in [1.82, 2.24) is 15.0 Å². The van der Waals surface area contributed by atoms with Crippen molar-refractivity contribution >= 4 is 5.95 Å². The number of ether oxygens (including phenoxy) is 2. The molecule has 0 spiro atoms. The lowest BCUT2D eigenvalue weighted by molar-refractivity contribution is 0.179. The van der Waals surface area contributed by atoms with Crippen LogP contribution in [0.4, 0.5) is 5.95 Å². The highest BCUT2D eigenvalue weighted by atomic mass is 16.5. The van der Waals surface area contributed by atoms with E-state index in [4.69, 9.17) is 9.47 Å². The number of anilines is 1. The minimum absolute atomic E-state index is 0.0245. The van der Waals surface area contributed by atoms with Gasteiger partial charge in [0, 0.05) is 7.05 Å². The maximum absolute atomic E-state index is 5.76. The Morgan fingerprint density at radius 2 is 1.78 bits per heavy atom. The molecule has 2 rings (SSSR count). The van der Waals surface area contributed by atoms with Gasteiger partial charge >= 0.3 is 12.0 Å². The topological polar surface area (TPSA) is 69.2 Å². The highest BCUT2D eigenvalue weighted by Gasteiger charge is 2.19. The third-order valence-electron chi connectivity index (χ3n) is 2.73. The second-order valence-corrected chi connectivity index (χ2v) is 4.67. The van der Waals surface area contributed by atoms with Gasteiger partial charge in [0.15, 0.2) is 0 Å². The Morgan fingerprint density at radius 1 is 1.11 bits per heavy atom. The molecule has 0 amide bonds. The van der Waals surface area contributed by atoms with Crippen molar-refractivity contribution in [1.29, 1.82) is 0 Å². The monoisotopic (exact) mass is 252 g/mol. The average molecular weight is 252 g/mol. The molecule has 0 aliphatic heterocycles. The fraction of sp³-hybridized carbons (Fsp3) is 0.750. The third-order valence-corrected chi connectivity index (χ3v) is 2.73. The van der Waals surface area contributed by atoms with E-state index in [0.29, 0.717) is 18.0 Å². The van der Waals surface area contributed by atoms with Gasteiger partial charge in [-0.25, -0.2) is 0 Å². The van der Waals surface area contributed by atoms with Crippen molar-refractivity contribution in [2.75, 3.05) is 12.4 Å². The van der Waals surface area contributed by atoms with Crippen LogP contribution in [-0.2, 0) is 0 Å². The first-order chi connectivity index (χ1) is 8.67. The van der Waals surface area contributed by atoms with Crippen molar-refractivity contribution in [3.8, 4) is 12.0 Å². The summed E-state index contributed by atoms with van der Waals surface area (Å²) in [5.74, 6) is 0.466. The Hall–Kier alpha value is -1.59. The predicted octanol–water partition coefficient (Wildman–Crippen LogP) is 2.02. The van der Waals surface area contributed by atoms with Crippen LogP contribution in [0.25, 0.3) is 0 Å². The van der Waals surface area contributed by atoms with Gasteiger partial charge < -0.3 is 14.8 Å². The van der Waals surface area contributed by atoms with Crippen LogP contribution < -0.4 is 14.8 Å². The standard InChI is InChI=1S/C12H20N4O2/c1-8(2)17-11-14-10(13-3)15-12(16-11)18-9-6-4-5-7-9/h8-9H,4-7H2,1-3H3,(H,13,14,15,16). The molecular formula is C12H20N4O2. The van der Waals surface area contributed by atoms with Crippen LogP contribution in [0.3, 0.4) is 0 Å². The van der Waals surface area contributed by atoms with E-state index in [-0.39, 0.29) is 12.2 Å². The summed E-state index contributed by atoms with van der Waals surface area (Å²) in [6, 6.07) is 0.647. The minimum Gasteiger partial charge on any atom is -0.461 e. The Bertz CT molecular complexity index is 392. The fourth-order valence-electron chi connectivity index (χ4n) is 1.92. The first-order valence-electron chi connectivity index (χ1n) is 6.44. The summed E-state index contributed by atoms with van der Waals surface area (Å²) >= 11 is 0. The molecule has 1 aromatic heterocycles. The van der Waals surface area contributed by atoms with Crippen LogP contribution in [0.5, 0.6) is 12.0 Å². The molecule has 1 heterocycles. The summed E-state index contributed by atoms with van der Waals surface area (Å²) in [5.41, 5.74) is 0. The van der Waals surface area contributed by atoms with Crippen LogP contribution in [-0.4, -0.2) is 34.2 Å². The maximum atomic E-state index is 5.76. The Balaban J connectivity index is 2.11. The molecule has 1 fully saturated rings. The molecule has 1 aromatic rings. The maximum Gasteiger partial charge on any atom is 0.324 e. The van der Waals surface area contributed by atoms with E-state index in [1.165, 1.54) is 12.8 Å². The number of rotatable bonds is 5. The number of aromatic nitrogens is 3. The summed E-state index contributed by atoms with van der Waals surface area (Å²) in [6.07, 6.45) is 4.82. The van der Waals surface area contributed by atoms with Crippen molar-refractivity contribution in [2.45, 2.75) is 51.7 Å². The molecule has 0 bridgehead atoms. The van der Waals surface area contributed by atoms with Crippen molar-refractivity contribution in [3.05, 3.63) is 0 Å². The molecule has 0 atom stereocenters. The SMILES string of the molecule is CNc1nc(OC(C)C)nc(OC2CCCC2)n1. The van der Waals surface area contributed by atoms with Crippen LogP contribution >= 0.6 is 0 Å². The van der Waals surface area contributed by atoms with Gasteiger partial charge in [-0.15, -0.1) is 4.98 Å². The van der Waals surface area contributed by atoms with Gasteiger partial charge in [0.1, 0.15) is 6.10 Å². The molecular weight excluding hydrogens is 232 g/mol.